The molecule has 0 saturated carbocycles. The number of carboxylic acid groups (broad SMARTS) is 1. The van der Waals surface area contributed by atoms with E-state index in [1.807, 2.05) is 0 Å². The second kappa shape index (κ2) is 7.24. The number of aliphatic carboxylic acids is 1. The fourth-order valence-electron chi connectivity index (χ4n) is 1.38. The lowest BCUT2D eigenvalue weighted by Gasteiger charge is -2.07. The van der Waals surface area contributed by atoms with E-state index in [0.29, 0.717) is 12.1 Å². The number of nitro benzene ring substituents is 1. The van der Waals surface area contributed by atoms with Gasteiger partial charge in [0.1, 0.15) is 18.0 Å². The van der Waals surface area contributed by atoms with Crippen molar-refractivity contribution >= 4 is 17.6 Å². The average Bonchev–Trinajstić information content (AvgIpc) is 2.37. The molecule has 1 aromatic rings. The lowest BCUT2D eigenvalue weighted by Crippen LogP contribution is -2.29. The molecule has 0 spiro atoms. The predicted octanol–water partition coefficient (Wildman–Crippen LogP) is 0.704. The van der Waals surface area contributed by atoms with Gasteiger partial charge in [0.05, 0.1) is 11.5 Å². The molecular formula is C11H10F2N2O6. The number of amides is 1. The zero-order valence-corrected chi connectivity index (χ0v) is 10.5. The molecule has 0 saturated heterocycles. The summed E-state index contributed by atoms with van der Waals surface area (Å²) < 4.78 is 31.7. The molecule has 0 aromatic heterocycles. The van der Waals surface area contributed by atoms with Gasteiger partial charge in [0.25, 0.3) is 5.91 Å². The number of nitro groups is 1. The van der Waals surface area contributed by atoms with E-state index < -0.39 is 46.3 Å². The first-order valence-electron chi connectivity index (χ1n) is 5.54. The van der Waals surface area contributed by atoms with Crippen LogP contribution in [0.4, 0.5) is 14.5 Å². The minimum Gasteiger partial charge on any atom is -0.480 e. The smallest absolute Gasteiger partial charge is 0.329 e. The molecule has 1 aromatic carbocycles. The molecule has 0 fully saturated rings. The average molecular weight is 304 g/mol. The van der Waals surface area contributed by atoms with Gasteiger partial charge in [0.15, 0.2) is 0 Å². The summed E-state index contributed by atoms with van der Waals surface area (Å²) in [4.78, 5) is 31.1. The van der Waals surface area contributed by atoms with Crippen LogP contribution in [-0.2, 0) is 9.53 Å². The largest absolute Gasteiger partial charge is 0.480 e. The van der Waals surface area contributed by atoms with Gasteiger partial charge in [-0.05, 0) is 6.07 Å². The third-order valence-electron chi connectivity index (χ3n) is 2.25. The SMILES string of the molecule is O=C(O)COCCNC(=O)c1c(F)ccc([N+](=O)[O-])c1F. The van der Waals surface area contributed by atoms with Gasteiger partial charge >= 0.3 is 11.7 Å². The molecule has 1 rings (SSSR count). The van der Waals surface area contributed by atoms with Crippen molar-refractivity contribution in [2.24, 2.45) is 0 Å². The second-order valence-electron chi connectivity index (χ2n) is 3.71. The van der Waals surface area contributed by atoms with Crippen LogP contribution in [0, 0.1) is 21.7 Å². The molecule has 0 aliphatic rings. The standard InChI is InChI=1S/C11H10F2N2O6/c12-6-1-2-7(15(19)20)10(13)9(6)11(18)14-3-4-21-5-8(16)17/h1-2H,3-5H2,(H,14,18)(H,16,17). The van der Waals surface area contributed by atoms with Gasteiger partial charge in [-0.25, -0.2) is 9.18 Å². The first-order chi connectivity index (χ1) is 9.84. The number of rotatable bonds is 7. The highest BCUT2D eigenvalue weighted by molar-refractivity contribution is 5.95. The fraction of sp³-hybridized carbons (Fsp3) is 0.273. The summed E-state index contributed by atoms with van der Waals surface area (Å²) in [6, 6.07) is 1.22. The number of benzene rings is 1. The lowest BCUT2D eigenvalue weighted by molar-refractivity contribution is -0.387. The second-order valence-corrected chi connectivity index (χ2v) is 3.71. The van der Waals surface area contributed by atoms with Gasteiger partial charge in [0.2, 0.25) is 5.82 Å². The number of carbonyl (C=O) groups is 2. The maximum atomic E-state index is 13.7. The molecule has 2 N–H and O–H groups in total. The maximum Gasteiger partial charge on any atom is 0.329 e. The van der Waals surface area contributed by atoms with E-state index in [1.165, 1.54) is 0 Å². The first kappa shape index (κ1) is 16.4. The van der Waals surface area contributed by atoms with Crippen molar-refractivity contribution < 1.29 is 33.1 Å². The Bertz CT molecular complexity index is 578. The van der Waals surface area contributed by atoms with Crippen LogP contribution in [0.3, 0.4) is 0 Å². The summed E-state index contributed by atoms with van der Waals surface area (Å²) in [7, 11) is 0. The molecule has 0 radical (unpaired) electrons. The van der Waals surface area contributed by atoms with Gasteiger partial charge in [0, 0.05) is 12.6 Å². The molecule has 0 unspecified atom stereocenters. The summed E-state index contributed by atoms with van der Waals surface area (Å²) in [6.07, 6.45) is 0. The van der Waals surface area contributed by atoms with E-state index in [9.17, 15) is 28.5 Å². The lowest BCUT2D eigenvalue weighted by atomic mass is 10.1. The molecular weight excluding hydrogens is 294 g/mol. The molecule has 114 valence electrons. The molecule has 0 aliphatic carbocycles. The van der Waals surface area contributed by atoms with Gasteiger partial charge in [-0.3, -0.25) is 14.9 Å². The van der Waals surface area contributed by atoms with Crippen LogP contribution >= 0.6 is 0 Å². The van der Waals surface area contributed by atoms with Crippen LogP contribution < -0.4 is 5.32 Å². The van der Waals surface area contributed by atoms with Crippen LogP contribution in [0.15, 0.2) is 12.1 Å². The number of hydrogen-bond donors (Lipinski definition) is 2. The summed E-state index contributed by atoms with van der Waals surface area (Å²) in [5.41, 5.74) is -2.11. The summed E-state index contributed by atoms with van der Waals surface area (Å²) in [5.74, 6) is -5.24. The highest BCUT2D eigenvalue weighted by atomic mass is 19.1. The zero-order valence-electron chi connectivity index (χ0n) is 10.5. The Kier molecular flexibility index (Phi) is 5.67. The summed E-state index contributed by atoms with van der Waals surface area (Å²) in [5, 5.41) is 20.8. The van der Waals surface area contributed by atoms with Crippen molar-refractivity contribution in [3.8, 4) is 0 Å². The van der Waals surface area contributed by atoms with Crippen molar-refractivity contribution in [2.75, 3.05) is 19.8 Å². The van der Waals surface area contributed by atoms with Crippen molar-refractivity contribution in [1.82, 2.24) is 5.32 Å². The van der Waals surface area contributed by atoms with Crippen LogP contribution in [0.5, 0.6) is 0 Å². The minimum absolute atomic E-state index is 0.198. The maximum absolute atomic E-state index is 13.7. The van der Waals surface area contributed by atoms with E-state index >= 15 is 0 Å². The van der Waals surface area contributed by atoms with E-state index in [2.05, 4.69) is 10.1 Å². The highest BCUT2D eigenvalue weighted by Gasteiger charge is 2.25. The quantitative estimate of drug-likeness (QED) is 0.435. The van der Waals surface area contributed by atoms with Gasteiger partial charge < -0.3 is 15.2 Å². The zero-order chi connectivity index (χ0) is 16.0. The van der Waals surface area contributed by atoms with Crippen LogP contribution in [-0.4, -0.2) is 41.7 Å². The number of hydrogen-bond acceptors (Lipinski definition) is 5. The minimum atomic E-state index is -1.58. The van der Waals surface area contributed by atoms with E-state index in [1.54, 1.807) is 0 Å². The number of carbonyl (C=O) groups excluding carboxylic acids is 1. The van der Waals surface area contributed by atoms with Crippen LogP contribution in [0.25, 0.3) is 0 Å². The number of halogens is 2. The Morgan fingerprint density at radius 3 is 2.62 bits per heavy atom. The first-order valence-corrected chi connectivity index (χ1v) is 5.54. The van der Waals surface area contributed by atoms with Gasteiger partial charge in [-0.1, -0.05) is 0 Å². The van der Waals surface area contributed by atoms with Gasteiger partial charge in [-0.2, -0.15) is 4.39 Å². The predicted molar refractivity (Wildman–Crippen MR) is 63.8 cm³/mol. The molecule has 0 aliphatic heterocycles. The monoisotopic (exact) mass is 304 g/mol. The molecule has 1 amide bonds. The molecule has 0 heterocycles. The summed E-state index contributed by atoms with van der Waals surface area (Å²) in [6.45, 7) is -1.00. The van der Waals surface area contributed by atoms with Crippen LogP contribution in [0.1, 0.15) is 10.4 Å². The normalized spacial score (nSPS) is 10.2. The highest BCUT2D eigenvalue weighted by Crippen LogP contribution is 2.22. The Morgan fingerprint density at radius 2 is 2.05 bits per heavy atom. The fourth-order valence-corrected chi connectivity index (χ4v) is 1.38. The third-order valence-corrected chi connectivity index (χ3v) is 2.25. The Morgan fingerprint density at radius 1 is 1.38 bits per heavy atom. The third kappa shape index (κ3) is 4.45. The van der Waals surface area contributed by atoms with Crippen molar-refractivity contribution in [3.63, 3.8) is 0 Å². The van der Waals surface area contributed by atoms with Crippen molar-refractivity contribution in [1.29, 1.82) is 0 Å². The molecule has 0 atom stereocenters. The molecule has 21 heavy (non-hydrogen) atoms. The Hall–Kier alpha value is -2.62. The molecule has 0 bridgehead atoms. The topological polar surface area (TPSA) is 119 Å². The Balaban J connectivity index is 2.72. The number of nitrogens with one attached hydrogen (secondary N) is 1. The van der Waals surface area contributed by atoms with Crippen molar-refractivity contribution in [2.45, 2.75) is 0 Å². The number of carboxylic acids is 1. The van der Waals surface area contributed by atoms with Crippen LogP contribution in [0.2, 0.25) is 0 Å². The van der Waals surface area contributed by atoms with E-state index in [0.717, 1.165) is 0 Å². The Labute approximate surface area is 116 Å². The summed E-state index contributed by atoms with van der Waals surface area (Å²) >= 11 is 0. The molecule has 8 nitrogen and oxygen atoms in total. The van der Waals surface area contributed by atoms with E-state index in [-0.39, 0.29) is 13.2 Å². The van der Waals surface area contributed by atoms with Gasteiger partial charge in [-0.15, -0.1) is 0 Å². The van der Waals surface area contributed by atoms with Crippen molar-refractivity contribution in [3.05, 3.63) is 39.4 Å². The van der Waals surface area contributed by atoms with E-state index in [4.69, 9.17) is 5.11 Å². The number of nitrogens with zero attached hydrogens (tertiary/aromatic N) is 1. The molecule has 10 heteroatoms. The number of ether oxygens (including phenoxy) is 1.